The number of pyridine rings is 1. The van der Waals surface area contributed by atoms with Crippen molar-refractivity contribution in [1.82, 2.24) is 9.88 Å². The second-order valence-electron chi connectivity index (χ2n) is 5.88. The van der Waals surface area contributed by atoms with Gasteiger partial charge in [0.2, 0.25) is 0 Å². The molecule has 2 rings (SSSR count). The zero-order chi connectivity index (χ0) is 15.5. The first-order chi connectivity index (χ1) is 9.89. The van der Waals surface area contributed by atoms with Gasteiger partial charge in [0, 0.05) is 13.1 Å². The molecule has 1 aliphatic heterocycles. The SMILES string of the molecule is CC(C)(C)OC(=O)C(Oc1ccc(C#N)nc1)N1CCC1. The Labute approximate surface area is 124 Å². The van der Waals surface area contributed by atoms with E-state index in [0.717, 1.165) is 19.5 Å². The molecule has 6 heteroatoms. The Balaban J connectivity index is 2.09. The molecule has 1 unspecified atom stereocenters. The van der Waals surface area contributed by atoms with Gasteiger partial charge in [0.1, 0.15) is 23.1 Å². The van der Waals surface area contributed by atoms with Gasteiger partial charge in [-0.15, -0.1) is 0 Å². The van der Waals surface area contributed by atoms with Crippen LogP contribution in [-0.2, 0) is 9.53 Å². The molecule has 1 fully saturated rings. The van der Waals surface area contributed by atoms with Crippen LogP contribution in [-0.4, -0.2) is 40.8 Å². The van der Waals surface area contributed by atoms with Crippen molar-refractivity contribution < 1.29 is 14.3 Å². The van der Waals surface area contributed by atoms with E-state index >= 15 is 0 Å². The average Bonchev–Trinajstić information content (AvgIpc) is 2.34. The normalized spacial score (nSPS) is 16.5. The highest BCUT2D eigenvalue weighted by Gasteiger charge is 2.35. The van der Waals surface area contributed by atoms with Crippen LogP contribution >= 0.6 is 0 Å². The topological polar surface area (TPSA) is 75.5 Å². The van der Waals surface area contributed by atoms with Crippen molar-refractivity contribution in [2.45, 2.75) is 39.0 Å². The lowest BCUT2D eigenvalue weighted by atomic mass is 10.2. The van der Waals surface area contributed by atoms with Crippen molar-refractivity contribution in [1.29, 1.82) is 5.26 Å². The van der Waals surface area contributed by atoms with E-state index in [-0.39, 0.29) is 0 Å². The maximum absolute atomic E-state index is 12.3. The third-order valence-electron chi connectivity index (χ3n) is 2.93. The number of nitriles is 1. The minimum Gasteiger partial charge on any atom is -0.462 e. The van der Waals surface area contributed by atoms with Crippen LogP contribution in [0.15, 0.2) is 18.3 Å². The molecule has 0 aliphatic carbocycles. The summed E-state index contributed by atoms with van der Waals surface area (Å²) < 4.78 is 11.1. The summed E-state index contributed by atoms with van der Waals surface area (Å²) in [6, 6.07) is 5.12. The summed E-state index contributed by atoms with van der Waals surface area (Å²) in [4.78, 5) is 18.1. The van der Waals surface area contributed by atoms with E-state index in [2.05, 4.69) is 4.98 Å². The average molecular weight is 289 g/mol. The lowest BCUT2D eigenvalue weighted by Crippen LogP contribution is -2.53. The lowest BCUT2D eigenvalue weighted by molar-refractivity contribution is -0.176. The minimum absolute atomic E-state index is 0.306. The molecule has 0 aromatic carbocycles. The number of esters is 1. The molecule has 0 radical (unpaired) electrons. The van der Waals surface area contributed by atoms with E-state index in [1.165, 1.54) is 6.20 Å². The number of nitrogens with zero attached hydrogens (tertiary/aromatic N) is 3. The van der Waals surface area contributed by atoms with Gasteiger partial charge in [0.15, 0.2) is 0 Å². The van der Waals surface area contributed by atoms with E-state index in [0.29, 0.717) is 11.4 Å². The molecule has 1 saturated heterocycles. The Morgan fingerprint density at radius 3 is 2.57 bits per heavy atom. The summed E-state index contributed by atoms with van der Waals surface area (Å²) in [5, 5.41) is 8.73. The maximum atomic E-state index is 12.3. The standard InChI is InChI=1S/C15H19N3O3/c1-15(2,3)21-14(19)13(18-7-4-8-18)20-12-6-5-11(9-16)17-10-12/h5-6,10,13H,4,7-8H2,1-3H3. The number of carbonyl (C=O) groups excluding carboxylic acids is 1. The van der Waals surface area contributed by atoms with Gasteiger partial charge in [-0.2, -0.15) is 5.26 Å². The Hall–Kier alpha value is -2.13. The Morgan fingerprint density at radius 1 is 1.43 bits per heavy atom. The number of carbonyl (C=O) groups is 1. The van der Waals surface area contributed by atoms with Crippen LogP contribution in [0.5, 0.6) is 5.75 Å². The van der Waals surface area contributed by atoms with E-state index in [1.54, 1.807) is 12.1 Å². The fourth-order valence-electron chi connectivity index (χ4n) is 1.84. The molecular weight excluding hydrogens is 270 g/mol. The summed E-state index contributed by atoms with van der Waals surface area (Å²) in [6.07, 6.45) is 1.71. The second kappa shape index (κ2) is 6.10. The van der Waals surface area contributed by atoms with Gasteiger partial charge in [-0.1, -0.05) is 0 Å². The summed E-state index contributed by atoms with van der Waals surface area (Å²) in [6.45, 7) is 7.06. The molecule has 1 aromatic rings. The minimum atomic E-state index is -0.771. The quantitative estimate of drug-likeness (QED) is 0.785. The molecular formula is C15H19N3O3. The fraction of sp³-hybridized carbons (Fsp3) is 0.533. The zero-order valence-electron chi connectivity index (χ0n) is 12.5. The molecule has 1 aromatic heterocycles. The predicted molar refractivity (Wildman–Crippen MR) is 75.4 cm³/mol. The first kappa shape index (κ1) is 15.3. The summed E-state index contributed by atoms with van der Waals surface area (Å²) in [5.74, 6) is 0.0309. The first-order valence-corrected chi connectivity index (χ1v) is 6.89. The van der Waals surface area contributed by atoms with E-state index in [9.17, 15) is 4.79 Å². The van der Waals surface area contributed by atoms with Crippen molar-refractivity contribution in [3.05, 3.63) is 24.0 Å². The second-order valence-corrected chi connectivity index (χ2v) is 5.88. The number of ether oxygens (including phenoxy) is 2. The highest BCUT2D eigenvalue weighted by Crippen LogP contribution is 2.20. The van der Waals surface area contributed by atoms with E-state index in [1.807, 2.05) is 31.7 Å². The van der Waals surface area contributed by atoms with Crippen LogP contribution in [0.25, 0.3) is 0 Å². The molecule has 0 spiro atoms. The van der Waals surface area contributed by atoms with Gasteiger partial charge in [-0.25, -0.2) is 9.78 Å². The number of aromatic nitrogens is 1. The van der Waals surface area contributed by atoms with E-state index in [4.69, 9.17) is 14.7 Å². The number of rotatable bonds is 4. The van der Waals surface area contributed by atoms with Crippen LogP contribution in [0.1, 0.15) is 32.9 Å². The zero-order valence-corrected chi connectivity index (χ0v) is 12.5. The summed E-state index contributed by atoms with van der Waals surface area (Å²) >= 11 is 0. The van der Waals surface area contributed by atoms with Crippen molar-refractivity contribution >= 4 is 5.97 Å². The smallest absolute Gasteiger partial charge is 0.363 e. The summed E-state index contributed by atoms with van der Waals surface area (Å²) in [7, 11) is 0. The number of likely N-dealkylation sites (tertiary alicyclic amines) is 1. The van der Waals surface area contributed by atoms with Crippen LogP contribution in [0, 0.1) is 11.3 Å². The molecule has 2 heterocycles. The molecule has 0 saturated carbocycles. The molecule has 1 aliphatic rings. The Kier molecular flexibility index (Phi) is 4.43. The van der Waals surface area contributed by atoms with Crippen LogP contribution in [0.2, 0.25) is 0 Å². The Bertz CT molecular complexity index is 539. The fourth-order valence-corrected chi connectivity index (χ4v) is 1.84. The third-order valence-corrected chi connectivity index (χ3v) is 2.93. The van der Waals surface area contributed by atoms with Crippen LogP contribution < -0.4 is 4.74 Å². The molecule has 21 heavy (non-hydrogen) atoms. The van der Waals surface area contributed by atoms with Gasteiger partial charge in [0.25, 0.3) is 6.23 Å². The molecule has 1 atom stereocenters. The predicted octanol–water partition coefficient (Wildman–Crippen LogP) is 1.71. The Morgan fingerprint density at radius 2 is 2.14 bits per heavy atom. The van der Waals surface area contributed by atoms with E-state index < -0.39 is 17.8 Å². The number of hydrogen-bond donors (Lipinski definition) is 0. The largest absolute Gasteiger partial charge is 0.462 e. The van der Waals surface area contributed by atoms with Gasteiger partial charge in [0.05, 0.1) is 6.20 Å². The third kappa shape index (κ3) is 4.17. The molecule has 0 bridgehead atoms. The van der Waals surface area contributed by atoms with Crippen molar-refractivity contribution in [3.63, 3.8) is 0 Å². The molecule has 6 nitrogen and oxygen atoms in total. The van der Waals surface area contributed by atoms with Gasteiger partial charge < -0.3 is 9.47 Å². The van der Waals surface area contributed by atoms with Gasteiger partial charge in [-0.3, -0.25) is 4.90 Å². The van der Waals surface area contributed by atoms with Crippen molar-refractivity contribution in [2.24, 2.45) is 0 Å². The first-order valence-electron chi connectivity index (χ1n) is 6.89. The molecule has 112 valence electrons. The highest BCUT2D eigenvalue weighted by molar-refractivity contribution is 5.75. The maximum Gasteiger partial charge on any atom is 0.363 e. The monoisotopic (exact) mass is 289 g/mol. The van der Waals surface area contributed by atoms with Crippen molar-refractivity contribution in [3.8, 4) is 11.8 Å². The van der Waals surface area contributed by atoms with Crippen LogP contribution in [0.3, 0.4) is 0 Å². The van der Waals surface area contributed by atoms with Crippen molar-refractivity contribution in [2.75, 3.05) is 13.1 Å². The molecule has 0 N–H and O–H groups in total. The number of hydrogen-bond acceptors (Lipinski definition) is 6. The lowest BCUT2D eigenvalue weighted by Gasteiger charge is -2.37. The van der Waals surface area contributed by atoms with Gasteiger partial charge in [-0.05, 0) is 39.3 Å². The molecule has 0 amide bonds. The highest BCUT2D eigenvalue weighted by atomic mass is 16.6. The summed E-state index contributed by atoms with van der Waals surface area (Å²) in [5.41, 5.74) is -0.257. The van der Waals surface area contributed by atoms with Gasteiger partial charge >= 0.3 is 5.97 Å². The van der Waals surface area contributed by atoms with Crippen LogP contribution in [0.4, 0.5) is 0 Å².